The van der Waals surface area contributed by atoms with Gasteiger partial charge in [0, 0.05) is 17.4 Å². The summed E-state index contributed by atoms with van der Waals surface area (Å²) in [6, 6.07) is 8.75. The molecule has 0 bridgehead atoms. The van der Waals surface area contributed by atoms with Crippen molar-refractivity contribution in [2.45, 2.75) is 13.1 Å². The van der Waals surface area contributed by atoms with Gasteiger partial charge in [0.25, 0.3) is 0 Å². The van der Waals surface area contributed by atoms with Crippen LogP contribution in [-0.4, -0.2) is 36.5 Å². The van der Waals surface area contributed by atoms with Crippen LogP contribution in [0.25, 0.3) is 0 Å². The minimum atomic E-state index is -1.14. The molecule has 0 radical (unpaired) electrons. The van der Waals surface area contributed by atoms with Crippen LogP contribution in [0.5, 0.6) is 0 Å². The van der Waals surface area contributed by atoms with E-state index in [0.717, 1.165) is 10.2 Å². The fourth-order valence-corrected chi connectivity index (χ4v) is 2.53. The summed E-state index contributed by atoms with van der Waals surface area (Å²) >= 11 is 5.95. The number of rotatable bonds is 6. The Morgan fingerprint density at radius 3 is 2.84 bits per heavy atom. The van der Waals surface area contributed by atoms with E-state index in [-0.39, 0.29) is 12.2 Å². The van der Waals surface area contributed by atoms with E-state index in [9.17, 15) is 9.59 Å². The lowest BCUT2D eigenvalue weighted by molar-refractivity contribution is -0.116. The molecule has 0 saturated heterocycles. The van der Waals surface area contributed by atoms with Gasteiger partial charge in [0.15, 0.2) is 0 Å². The Balaban J connectivity index is 1.62. The van der Waals surface area contributed by atoms with Crippen LogP contribution in [0.3, 0.4) is 0 Å². The Bertz CT molecular complexity index is 918. The van der Waals surface area contributed by atoms with Gasteiger partial charge in [0.2, 0.25) is 5.91 Å². The SMILES string of the molecule is O=C(Cn1nccc1C(=O)O)Nc1cnn(Cc2cccc(Cl)c2)c1. The molecule has 2 N–H and O–H groups in total. The second kappa shape index (κ2) is 7.18. The molecule has 0 saturated carbocycles. The summed E-state index contributed by atoms with van der Waals surface area (Å²) in [7, 11) is 0. The molecule has 1 aromatic carbocycles. The smallest absolute Gasteiger partial charge is 0.354 e. The Hall–Kier alpha value is -3.13. The number of nitrogens with one attached hydrogen (secondary N) is 1. The number of amides is 1. The van der Waals surface area contributed by atoms with Gasteiger partial charge in [-0.3, -0.25) is 9.48 Å². The van der Waals surface area contributed by atoms with Gasteiger partial charge in [-0.25, -0.2) is 9.48 Å². The second-order valence-corrected chi connectivity index (χ2v) is 5.72. The van der Waals surface area contributed by atoms with Crippen molar-refractivity contribution in [1.82, 2.24) is 19.6 Å². The highest BCUT2D eigenvalue weighted by molar-refractivity contribution is 6.30. The minimum Gasteiger partial charge on any atom is -0.477 e. The zero-order chi connectivity index (χ0) is 17.8. The maximum Gasteiger partial charge on any atom is 0.354 e. The third-order valence-corrected chi connectivity index (χ3v) is 3.61. The van der Waals surface area contributed by atoms with Gasteiger partial charge >= 0.3 is 5.97 Å². The van der Waals surface area contributed by atoms with Gasteiger partial charge in [-0.05, 0) is 23.8 Å². The molecule has 2 heterocycles. The number of aromatic nitrogens is 4. The molecule has 25 heavy (non-hydrogen) atoms. The summed E-state index contributed by atoms with van der Waals surface area (Å²) in [5, 5.41) is 20.3. The first-order chi connectivity index (χ1) is 12.0. The van der Waals surface area contributed by atoms with Gasteiger partial charge in [0.05, 0.1) is 18.4 Å². The number of carbonyl (C=O) groups is 2. The molecular formula is C16H14ClN5O3. The number of carbonyl (C=O) groups excluding carboxylic acids is 1. The largest absolute Gasteiger partial charge is 0.477 e. The molecule has 0 fully saturated rings. The number of aromatic carboxylic acids is 1. The average Bonchev–Trinajstić information content (AvgIpc) is 3.17. The van der Waals surface area contributed by atoms with Crippen molar-refractivity contribution < 1.29 is 14.7 Å². The highest BCUT2D eigenvalue weighted by atomic mass is 35.5. The monoisotopic (exact) mass is 359 g/mol. The van der Waals surface area contributed by atoms with Crippen LogP contribution in [0.2, 0.25) is 5.02 Å². The topological polar surface area (TPSA) is 102 Å². The first-order valence-corrected chi connectivity index (χ1v) is 7.71. The van der Waals surface area contributed by atoms with Crippen molar-refractivity contribution in [3.05, 3.63) is 65.2 Å². The highest BCUT2D eigenvalue weighted by Gasteiger charge is 2.13. The molecule has 3 aromatic rings. The number of carboxylic acids is 1. The fourth-order valence-electron chi connectivity index (χ4n) is 2.31. The molecule has 0 spiro atoms. The van der Waals surface area contributed by atoms with Crippen molar-refractivity contribution in [3.63, 3.8) is 0 Å². The maximum atomic E-state index is 12.0. The van der Waals surface area contributed by atoms with E-state index in [4.69, 9.17) is 16.7 Å². The third-order valence-electron chi connectivity index (χ3n) is 3.38. The van der Waals surface area contributed by atoms with Crippen molar-refractivity contribution in [3.8, 4) is 0 Å². The molecule has 0 unspecified atom stereocenters. The Kier molecular flexibility index (Phi) is 4.80. The molecule has 8 nitrogen and oxygen atoms in total. The van der Waals surface area contributed by atoms with Gasteiger partial charge < -0.3 is 10.4 Å². The Morgan fingerprint density at radius 1 is 1.24 bits per heavy atom. The first-order valence-electron chi connectivity index (χ1n) is 7.33. The quantitative estimate of drug-likeness (QED) is 0.701. The summed E-state index contributed by atoms with van der Waals surface area (Å²) in [5.41, 5.74) is 1.44. The molecule has 0 aliphatic heterocycles. The van der Waals surface area contributed by atoms with Crippen molar-refractivity contribution in [2.75, 3.05) is 5.32 Å². The number of halogens is 1. The van der Waals surface area contributed by atoms with Crippen LogP contribution in [0.4, 0.5) is 5.69 Å². The van der Waals surface area contributed by atoms with Crippen LogP contribution in [-0.2, 0) is 17.9 Å². The number of hydrogen-bond donors (Lipinski definition) is 2. The van der Waals surface area contributed by atoms with Crippen molar-refractivity contribution in [2.24, 2.45) is 0 Å². The van der Waals surface area contributed by atoms with E-state index >= 15 is 0 Å². The lowest BCUT2D eigenvalue weighted by atomic mass is 10.2. The minimum absolute atomic E-state index is 0.0493. The highest BCUT2D eigenvalue weighted by Crippen LogP contribution is 2.13. The Morgan fingerprint density at radius 2 is 2.08 bits per heavy atom. The lowest BCUT2D eigenvalue weighted by Gasteiger charge is -2.05. The molecular weight excluding hydrogens is 346 g/mol. The van der Waals surface area contributed by atoms with Crippen LogP contribution in [0.15, 0.2) is 48.9 Å². The van der Waals surface area contributed by atoms with Gasteiger partial charge in [0.1, 0.15) is 12.2 Å². The average molecular weight is 360 g/mol. The van der Waals surface area contributed by atoms with Gasteiger partial charge in [-0.15, -0.1) is 0 Å². The summed E-state index contributed by atoms with van der Waals surface area (Å²) in [4.78, 5) is 23.1. The molecule has 0 aliphatic carbocycles. The van der Waals surface area contributed by atoms with Gasteiger partial charge in [-0.2, -0.15) is 10.2 Å². The van der Waals surface area contributed by atoms with E-state index in [1.54, 1.807) is 16.9 Å². The molecule has 3 rings (SSSR count). The lowest BCUT2D eigenvalue weighted by Crippen LogP contribution is -2.22. The first kappa shape index (κ1) is 16.7. The van der Waals surface area contributed by atoms with Crippen molar-refractivity contribution in [1.29, 1.82) is 0 Å². The molecule has 9 heteroatoms. The van der Waals surface area contributed by atoms with E-state index in [2.05, 4.69) is 15.5 Å². The molecule has 2 aromatic heterocycles. The summed E-state index contributed by atoms with van der Waals surface area (Å²) in [6.07, 6.45) is 4.53. The zero-order valence-corrected chi connectivity index (χ0v) is 13.7. The predicted molar refractivity (Wildman–Crippen MR) is 90.6 cm³/mol. The summed E-state index contributed by atoms with van der Waals surface area (Å²) < 4.78 is 2.78. The summed E-state index contributed by atoms with van der Waals surface area (Å²) in [6.45, 7) is 0.312. The number of nitrogens with zero attached hydrogens (tertiary/aromatic N) is 4. The van der Waals surface area contributed by atoms with E-state index in [1.165, 1.54) is 18.5 Å². The van der Waals surface area contributed by atoms with E-state index in [0.29, 0.717) is 17.3 Å². The van der Waals surface area contributed by atoms with E-state index < -0.39 is 11.9 Å². The normalized spacial score (nSPS) is 10.6. The van der Waals surface area contributed by atoms with Crippen LogP contribution in [0, 0.1) is 0 Å². The van der Waals surface area contributed by atoms with Crippen LogP contribution >= 0.6 is 11.6 Å². The maximum absolute atomic E-state index is 12.0. The third kappa shape index (κ3) is 4.24. The van der Waals surface area contributed by atoms with Crippen molar-refractivity contribution >= 4 is 29.2 Å². The van der Waals surface area contributed by atoms with E-state index in [1.807, 2.05) is 18.2 Å². The standard InChI is InChI=1S/C16H14ClN5O3/c17-12-3-1-2-11(6-12)8-21-9-13(7-19-21)20-15(23)10-22-14(16(24)25)4-5-18-22/h1-7,9H,8,10H2,(H,20,23)(H,24,25). The van der Waals surface area contributed by atoms with Gasteiger partial charge in [-0.1, -0.05) is 23.7 Å². The number of anilines is 1. The fraction of sp³-hybridized carbons (Fsp3) is 0.125. The Labute approximate surface area is 147 Å². The predicted octanol–water partition coefficient (Wildman–Crippen LogP) is 2.12. The van der Waals surface area contributed by atoms with Crippen LogP contribution in [0.1, 0.15) is 16.1 Å². The number of hydrogen-bond acceptors (Lipinski definition) is 4. The molecule has 128 valence electrons. The number of benzene rings is 1. The number of carboxylic acid groups (broad SMARTS) is 1. The van der Waals surface area contributed by atoms with Crippen LogP contribution < -0.4 is 5.32 Å². The zero-order valence-electron chi connectivity index (χ0n) is 13.0. The molecule has 0 aliphatic rings. The second-order valence-electron chi connectivity index (χ2n) is 5.28. The molecule has 1 amide bonds. The summed E-state index contributed by atoms with van der Waals surface area (Å²) in [5.74, 6) is -1.53. The molecule has 0 atom stereocenters.